The lowest BCUT2D eigenvalue weighted by molar-refractivity contribution is 0.573. The Morgan fingerprint density at radius 2 is 2.27 bits per heavy atom. The van der Waals surface area contributed by atoms with Gasteiger partial charge in [0.05, 0.1) is 17.0 Å². The highest BCUT2D eigenvalue weighted by Gasteiger charge is 2.38. The zero-order chi connectivity index (χ0) is 11.1. The van der Waals surface area contributed by atoms with Crippen molar-refractivity contribution in [2.75, 3.05) is 16.8 Å². The Morgan fingerprint density at radius 3 is 2.73 bits per heavy atom. The minimum Gasteiger partial charge on any atom is -0.354 e. The number of sulfone groups is 1. The third-order valence-corrected chi connectivity index (χ3v) is 5.49. The van der Waals surface area contributed by atoms with Crippen molar-refractivity contribution in [2.45, 2.75) is 18.9 Å². The quantitative estimate of drug-likeness (QED) is 0.891. The van der Waals surface area contributed by atoms with Crippen LogP contribution in [0.2, 0.25) is 0 Å². The first-order valence-electron chi connectivity index (χ1n) is 4.36. The Bertz CT molecular complexity index is 472. The van der Waals surface area contributed by atoms with Gasteiger partial charge in [0.1, 0.15) is 0 Å². The first kappa shape index (κ1) is 11.3. The van der Waals surface area contributed by atoms with Crippen LogP contribution in [0.15, 0.2) is 3.92 Å². The summed E-state index contributed by atoms with van der Waals surface area (Å²) in [7, 11) is -2.88. The SMILES string of the molecule is CC1(Nc2nnc(Br)s2)CCS(=O)(=O)C1. The molecule has 0 bridgehead atoms. The molecule has 0 spiro atoms. The van der Waals surface area contributed by atoms with Crippen LogP contribution in [0, 0.1) is 0 Å². The summed E-state index contributed by atoms with van der Waals surface area (Å²) in [5, 5.41) is 11.5. The molecule has 15 heavy (non-hydrogen) atoms. The Hall–Kier alpha value is -0.210. The number of hydrogen-bond donors (Lipinski definition) is 1. The summed E-state index contributed by atoms with van der Waals surface area (Å²) in [6.07, 6.45) is 0.618. The number of halogens is 1. The van der Waals surface area contributed by atoms with Gasteiger partial charge in [-0.3, -0.25) is 0 Å². The molecular formula is C7H10BrN3O2S2. The van der Waals surface area contributed by atoms with Crippen molar-refractivity contribution in [3.05, 3.63) is 3.92 Å². The second-order valence-electron chi connectivity index (χ2n) is 3.89. The fraction of sp³-hybridized carbons (Fsp3) is 0.714. The van der Waals surface area contributed by atoms with Crippen molar-refractivity contribution in [1.82, 2.24) is 10.2 Å². The molecule has 1 aromatic heterocycles. The van der Waals surface area contributed by atoms with Crippen molar-refractivity contribution in [2.24, 2.45) is 0 Å². The molecule has 0 amide bonds. The van der Waals surface area contributed by atoms with Crippen LogP contribution in [0.4, 0.5) is 5.13 Å². The number of anilines is 1. The van der Waals surface area contributed by atoms with Crippen LogP contribution in [-0.2, 0) is 9.84 Å². The predicted molar refractivity (Wildman–Crippen MR) is 62.9 cm³/mol. The molecular weight excluding hydrogens is 302 g/mol. The minimum atomic E-state index is -2.88. The molecule has 1 aliphatic rings. The molecule has 5 nitrogen and oxygen atoms in total. The second kappa shape index (κ2) is 3.67. The lowest BCUT2D eigenvalue weighted by Crippen LogP contribution is -2.35. The van der Waals surface area contributed by atoms with Crippen LogP contribution in [0.3, 0.4) is 0 Å². The Kier molecular flexibility index (Phi) is 2.76. The van der Waals surface area contributed by atoms with E-state index in [1.165, 1.54) is 11.3 Å². The molecule has 2 rings (SSSR count). The standard InChI is InChI=1S/C7H10BrN3O2S2/c1-7(2-3-15(12,13)4-7)9-6-11-10-5(8)14-6/h2-4H2,1H3,(H,9,11). The van der Waals surface area contributed by atoms with Gasteiger partial charge in [-0.2, -0.15) is 0 Å². The van der Waals surface area contributed by atoms with E-state index in [2.05, 4.69) is 31.4 Å². The summed E-state index contributed by atoms with van der Waals surface area (Å²) in [4.78, 5) is 0. The number of rotatable bonds is 2. The fourth-order valence-electron chi connectivity index (χ4n) is 1.62. The van der Waals surface area contributed by atoms with Crippen LogP contribution in [0.5, 0.6) is 0 Å². The number of hydrogen-bond acceptors (Lipinski definition) is 6. The third-order valence-electron chi connectivity index (χ3n) is 2.31. The molecule has 0 saturated carbocycles. The highest BCUT2D eigenvalue weighted by molar-refractivity contribution is 9.11. The first-order chi connectivity index (χ1) is 6.89. The van der Waals surface area contributed by atoms with Gasteiger partial charge in [0, 0.05) is 0 Å². The molecule has 8 heteroatoms. The summed E-state index contributed by atoms with van der Waals surface area (Å²) in [6, 6.07) is 0. The summed E-state index contributed by atoms with van der Waals surface area (Å²) in [6.45, 7) is 1.90. The maximum atomic E-state index is 11.4. The molecule has 0 aliphatic carbocycles. The highest BCUT2D eigenvalue weighted by atomic mass is 79.9. The van der Waals surface area contributed by atoms with E-state index in [0.717, 1.165) is 0 Å². The van der Waals surface area contributed by atoms with Crippen molar-refractivity contribution < 1.29 is 8.42 Å². The zero-order valence-electron chi connectivity index (χ0n) is 8.03. The molecule has 1 unspecified atom stereocenters. The minimum absolute atomic E-state index is 0.164. The molecule has 1 N–H and O–H groups in total. The van der Waals surface area contributed by atoms with E-state index in [1.54, 1.807) is 0 Å². The lowest BCUT2D eigenvalue weighted by Gasteiger charge is -2.22. The largest absolute Gasteiger partial charge is 0.354 e. The van der Waals surface area contributed by atoms with Gasteiger partial charge >= 0.3 is 0 Å². The highest BCUT2D eigenvalue weighted by Crippen LogP contribution is 2.29. The van der Waals surface area contributed by atoms with E-state index < -0.39 is 15.4 Å². The summed E-state index contributed by atoms with van der Waals surface area (Å²) in [5.41, 5.74) is -0.405. The average Bonchev–Trinajstić information content (AvgIpc) is 2.57. The number of nitrogens with zero attached hydrogens (tertiary/aromatic N) is 2. The van der Waals surface area contributed by atoms with Gasteiger partial charge in [-0.25, -0.2) is 8.42 Å². The normalized spacial score (nSPS) is 29.2. The second-order valence-corrected chi connectivity index (χ2v) is 8.33. The maximum absolute atomic E-state index is 11.4. The molecule has 1 aliphatic heterocycles. The summed E-state index contributed by atoms with van der Waals surface area (Å²) >= 11 is 4.57. The third kappa shape index (κ3) is 2.67. The van der Waals surface area contributed by atoms with Crippen LogP contribution in [0.25, 0.3) is 0 Å². The Balaban J connectivity index is 2.13. The van der Waals surface area contributed by atoms with Crippen molar-refractivity contribution in [3.63, 3.8) is 0 Å². The van der Waals surface area contributed by atoms with Gasteiger partial charge in [-0.15, -0.1) is 10.2 Å². The number of nitrogens with one attached hydrogen (secondary N) is 1. The number of aromatic nitrogens is 2. The van der Waals surface area contributed by atoms with Crippen molar-refractivity contribution >= 4 is 42.2 Å². The zero-order valence-corrected chi connectivity index (χ0v) is 11.2. The van der Waals surface area contributed by atoms with Gasteiger partial charge in [0.25, 0.3) is 0 Å². The molecule has 1 saturated heterocycles. The van der Waals surface area contributed by atoms with Crippen LogP contribution < -0.4 is 5.32 Å². The lowest BCUT2D eigenvalue weighted by atomic mass is 10.0. The van der Waals surface area contributed by atoms with Gasteiger partial charge in [0.15, 0.2) is 13.8 Å². The molecule has 1 aromatic rings. The summed E-state index contributed by atoms with van der Waals surface area (Å²) < 4.78 is 23.4. The topological polar surface area (TPSA) is 72.0 Å². The van der Waals surface area contributed by atoms with E-state index in [-0.39, 0.29) is 11.5 Å². The molecule has 0 radical (unpaired) electrons. The van der Waals surface area contributed by atoms with Crippen LogP contribution in [-0.4, -0.2) is 35.7 Å². The average molecular weight is 312 g/mol. The van der Waals surface area contributed by atoms with Crippen LogP contribution >= 0.6 is 27.3 Å². The monoisotopic (exact) mass is 311 g/mol. The molecule has 0 aromatic carbocycles. The predicted octanol–water partition coefficient (Wildman–Crippen LogP) is 1.29. The van der Waals surface area contributed by atoms with Gasteiger partial charge in [-0.1, -0.05) is 11.3 Å². The fourth-order valence-corrected chi connectivity index (χ4v) is 4.88. The van der Waals surface area contributed by atoms with Gasteiger partial charge in [0.2, 0.25) is 5.13 Å². The maximum Gasteiger partial charge on any atom is 0.206 e. The van der Waals surface area contributed by atoms with Gasteiger partial charge in [-0.05, 0) is 29.3 Å². The summed E-state index contributed by atoms with van der Waals surface area (Å²) in [5.74, 6) is 0.410. The van der Waals surface area contributed by atoms with Crippen molar-refractivity contribution in [1.29, 1.82) is 0 Å². The Labute approximate surface area is 100 Å². The van der Waals surface area contributed by atoms with Crippen LogP contribution in [0.1, 0.15) is 13.3 Å². The van der Waals surface area contributed by atoms with E-state index in [0.29, 0.717) is 15.5 Å². The first-order valence-corrected chi connectivity index (χ1v) is 7.79. The Morgan fingerprint density at radius 1 is 1.53 bits per heavy atom. The van der Waals surface area contributed by atoms with E-state index in [1.807, 2.05) is 6.92 Å². The molecule has 1 atom stereocenters. The van der Waals surface area contributed by atoms with E-state index >= 15 is 0 Å². The molecule has 84 valence electrons. The van der Waals surface area contributed by atoms with E-state index in [4.69, 9.17) is 0 Å². The molecule has 1 fully saturated rings. The molecule has 2 heterocycles. The van der Waals surface area contributed by atoms with Gasteiger partial charge < -0.3 is 5.32 Å². The van der Waals surface area contributed by atoms with E-state index in [9.17, 15) is 8.42 Å². The smallest absolute Gasteiger partial charge is 0.206 e. The van der Waals surface area contributed by atoms with Crippen molar-refractivity contribution in [3.8, 4) is 0 Å².